The highest BCUT2D eigenvalue weighted by atomic mass is 15.2. The molecule has 2 heterocycles. The maximum Gasteiger partial charge on any atom is 0.252 e. The third-order valence-electron chi connectivity index (χ3n) is 15.4. The SMILES string of the molecule is Cc1cc2c3c(c1)N(c1ccc4c(c1)C(C)(C)c1ccccc1-4)c1cc(N(c4ccccc4)c4ccccc4-c4ccccc4)ccc1B3c1cc(C(C)(C)C)ccc1N2c1ccc(C(C)(C)C)cc1. The van der Waals surface area contributed by atoms with Crippen LogP contribution in [0.5, 0.6) is 0 Å². The van der Waals surface area contributed by atoms with Gasteiger partial charge in [0.25, 0.3) is 6.71 Å². The van der Waals surface area contributed by atoms with E-state index in [0.717, 1.165) is 22.7 Å². The second-order valence-electron chi connectivity index (χ2n) is 22.3. The monoisotopic (exact) mass is 905 g/mol. The molecule has 0 saturated heterocycles. The summed E-state index contributed by atoms with van der Waals surface area (Å²) in [6.45, 7) is 20.9. The third kappa shape index (κ3) is 6.94. The Morgan fingerprint density at radius 1 is 0.429 bits per heavy atom. The van der Waals surface area contributed by atoms with Crippen LogP contribution in [-0.4, -0.2) is 6.71 Å². The van der Waals surface area contributed by atoms with Crippen molar-refractivity contribution >= 4 is 74.3 Å². The van der Waals surface area contributed by atoms with Crippen molar-refractivity contribution in [2.24, 2.45) is 0 Å². The summed E-state index contributed by atoms with van der Waals surface area (Å²) in [5.41, 5.74) is 26.0. The van der Waals surface area contributed by atoms with Crippen LogP contribution in [0.3, 0.4) is 0 Å². The van der Waals surface area contributed by atoms with Crippen LogP contribution in [0.4, 0.5) is 51.2 Å². The highest BCUT2D eigenvalue weighted by Crippen LogP contribution is 2.53. The van der Waals surface area contributed by atoms with E-state index in [1.807, 2.05) is 0 Å². The lowest BCUT2D eigenvalue weighted by Gasteiger charge is -2.45. The molecule has 9 aromatic rings. The highest BCUT2D eigenvalue weighted by Gasteiger charge is 2.45. The molecule has 0 fully saturated rings. The van der Waals surface area contributed by atoms with E-state index in [4.69, 9.17) is 0 Å². The Labute approximate surface area is 415 Å². The van der Waals surface area contributed by atoms with Crippen LogP contribution in [0.15, 0.2) is 200 Å². The number of anilines is 9. The fourth-order valence-corrected chi connectivity index (χ4v) is 11.8. The molecule has 0 bridgehead atoms. The fraction of sp³-hybridized carbons (Fsp3) is 0.182. The van der Waals surface area contributed by atoms with E-state index in [-0.39, 0.29) is 23.0 Å². The minimum atomic E-state index is -0.166. The molecule has 3 nitrogen and oxygen atoms in total. The summed E-state index contributed by atoms with van der Waals surface area (Å²) in [5, 5.41) is 0. The van der Waals surface area contributed by atoms with Crippen LogP contribution in [0.25, 0.3) is 22.3 Å². The molecule has 9 aromatic carbocycles. The first kappa shape index (κ1) is 43.7. The van der Waals surface area contributed by atoms with Crippen molar-refractivity contribution in [3.63, 3.8) is 0 Å². The molecule has 0 saturated carbocycles. The fourth-order valence-electron chi connectivity index (χ4n) is 11.8. The Kier molecular flexibility index (Phi) is 9.99. The Bertz CT molecular complexity index is 3500. The first-order valence-electron chi connectivity index (χ1n) is 25.0. The van der Waals surface area contributed by atoms with E-state index in [1.165, 1.54) is 94.9 Å². The minimum Gasteiger partial charge on any atom is -0.311 e. The zero-order valence-electron chi connectivity index (χ0n) is 42.0. The zero-order valence-corrected chi connectivity index (χ0v) is 42.0. The van der Waals surface area contributed by atoms with Gasteiger partial charge in [-0.1, -0.05) is 183 Å². The van der Waals surface area contributed by atoms with Gasteiger partial charge in [-0.05, 0) is 151 Å². The highest BCUT2D eigenvalue weighted by molar-refractivity contribution is 7.00. The van der Waals surface area contributed by atoms with Gasteiger partial charge < -0.3 is 14.7 Å². The Morgan fingerprint density at radius 3 is 1.71 bits per heavy atom. The summed E-state index contributed by atoms with van der Waals surface area (Å²) < 4.78 is 0. The van der Waals surface area contributed by atoms with E-state index in [9.17, 15) is 0 Å². The Hall–Kier alpha value is -7.56. The lowest BCUT2D eigenvalue weighted by atomic mass is 9.33. The van der Waals surface area contributed by atoms with Crippen molar-refractivity contribution in [2.45, 2.75) is 78.6 Å². The molecular weight excluding hydrogens is 846 g/mol. The number of fused-ring (bicyclic) bond motifs is 7. The van der Waals surface area contributed by atoms with Crippen molar-refractivity contribution in [2.75, 3.05) is 14.7 Å². The largest absolute Gasteiger partial charge is 0.311 e. The molecule has 0 radical (unpaired) electrons. The molecule has 3 aliphatic rings. The van der Waals surface area contributed by atoms with Crippen molar-refractivity contribution in [1.29, 1.82) is 0 Å². The number of nitrogens with zero attached hydrogens (tertiary/aromatic N) is 3. The van der Waals surface area contributed by atoms with Gasteiger partial charge in [0.1, 0.15) is 0 Å². The number of hydrogen-bond donors (Lipinski definition) is 0. The van der Waals surface area contributed by atoms with Crippen LogP contribution in [0, 0.1) is 6.92 Å². The van der Waals surface area contributed by atoms with Crippen molar-refractivity contribution in [3.05, 3.63) is 228 Å². The molecule has 2 aliphatic heterocycles. The third-order valence-corrected chi connectivity index (χ3v) is 15.4. The molecule has 1 aliphatic carbocycles. The normalized spacial score (nSPS) is 14.1. The summed E-state index contributed by atoms with van der Waals surface area (Å²) in [5.74, 6) is 0. The lowest BCUT2D eigenvalue weighted by Crippen LogP contribution is -2.61. The van der Waals surface area contributed by atoms with E-state index >= 15 is 0 Å². The smallest absolute Gasteiger partial charge is 0.252 e. The van der Waals surface area contributed by atoms with Crippen molar-refractivity contribution in [3.8, 4) is 22.3 Å². The van der Waals surface area contributed by atoms with Gasteiger partial charge in [0.15, 0.2) is 0 Å². The van der Waals surface area contributed by atoms with Crippen molar-refractivity contribution in [1.82, 2.24) is 0 Å². The van der Waals surface area contributed by atoms with Gasteiger partial charge in [-0.15, -0.1) is 0 Å². The quantitative estimate of drug-likeness (QED) is 0.154. The Morgan fingerprint density at radius 2 is 1.01 bits per heavy atom. The maximum atomic E-state index is 2.60. The van der Waals surface area contributed by atoms with Gasteiger partial charge in [-0.3, -0.25) is 0 Å². The molecule has 0 amide bonds. The van der Waals surface area contributed by atoms with Gasteiger partial charge in [0, 0.05) is 56.5 Å². The number of hydrogen-bond acceptors (Lipinski definition) is 3. The molecule has 0 unspecified atom stereocenters. The summed E-state index contributed by atoms with van der Waals surface area (Å²) in [6, 6.07) is 75.6. The minimum absolute atomic E-state index is 0.0230. The topological polar surface area (TPSA) is 9.72 Å². The van der Waals surface area contributed by atoms with Crippen molar-refractivity contribution < 1.29 is 0 Å². The maximum absolute atomic E-state index is 2.60. The molecule has 70 heavy (non-hydrogen) atoms. The lowest BCUT2D eigenvalue weighted by molar-refractivity contribution is 0.590. The van der Waals surface area contributed by atoms with Gasteiger partial charge in [0.2, 0.25) is 0 Å². The zero-order chi connectivity index (χ0) is 48.3. The molecule has 0 aromatic heterocycles. The second kappa shape index (κ2) is 16.0. The van der Waals surface area contributed by atoms with Gasteiger partial charge >= 0.3 is 0 Å². The summed E-state index contributed by atoms with van der Waals surface area (Å²) in [4.78, 5) is 7.61. The summed E-state index contributed by atoms with van der Waals surface area (Å²) in [6.07, 6.45) is 0. The average Bonchev–Trinajstić information content (AvgIpc) is 3.59. The molecule has 0 spiro atoms. The van der Waals surface area contributed by atoms with Gasteiger partial charge in [-0.25, -0.2) is 0 Å². The standard InChI is InChI=1S/C66H60BN3/c1-43-38-61-63-62(39-43)70(49-33-35-53-52-25-16-18-26-54(52)66(8,9)55(53)41-49)60-42-50(68(47-22-14-11-15-23-47)58-27-19-17-24-51(58)44-20-12-10-13-21-44)34-36-56(60)67(63)57-40-46(65(5,6)7)30-37-59(57)69(61)48-31-28-45(29-32-48)64(2,3)4/h10-42H,1-9H3. The summed E-state index contributed by atoms with van der Waals surface area (Å²) >= 11 is 0. The molecular formula is C66H60BN3. The average molecular weight is 906 g/mol. The predicted octanol–water partition coefficient (Wildman–Crippen LogP) is 16.1. The van der Waals surface area contributed by atoms with E-state index < -0.39 is 0 Å². The Balaban J connectivity index is 1.15. The van der Waals surface area contributed by atoms with E-state index in [1.54, 1.807) is 0 Å². The first-order chi connectivity index (χ1) is 33.7. The number of rotatable bonds is 6. The molecule has 0 atom stereocenters. The van der Waals surface area contributed by atoms with Crippen LogP contribution in [0.1, 0.15) is 83.2 Å². The number of para-hydroxylation sites is 2. The van der Waals surface area contributed by atoms with Gasteiger partial charge in [-0.2, -0.15) is 0 Å². The number of benzene rings is 9. The first-order valence-corrected chi connectivity index (χ1v) is 25.0. The summed E-state index contributed by atoms with van der Waals surface area (Å²) in [7, 11) is 0. The van der Waals surface area contributed by atoms with Crippen LogP contribution >= 0.6 is 0 Å². The van der Waals surface area contributed by atoms with Gasteiger partial charge in [0.05, 0.1) is 5.69 Å². The molecule has 12 rings (SSSR count). The van der Waals surface area contributed by atoms with Crippen LogP contribution < -0.4 is 31.1 Å². The second-order valence-corrected chi connectivity index (χ2v) is 22.3. The number of aryl methyl sites for hydroxylation is 1. The van der Waals surface area contributed by atoms with E-state index in [0.29, 0.717) is 0 Å². The van der Waals surface area contributed by atoms with Crippen LogP contribution in [-0.2, 0) is 16.2 Å². The molecule has 342 valence electrons. The van der Waals surface area contributed by atoms with Crippen LogP contribution in [0.2, 0.25) is 0 Å². The molecule has 4 heteroatoms. The molecule has 0 N–H and O–H groups in total. The predicted molar refractivity (Wildman–Crippen MR) is 300 cm³/mol. The van der Waals surface area contributed by atoms with E-state index in [2.05, 4.69) is 277 Å².